The molecule has 3 aromatic rings. The third kappa shape index (κ3) is 10.0. The zero-order valence-corrected chi connectivity index (χ0v) is 22.7. The van der Waals surface area contributed by atoms with Crippen LogP contribution in [0.25, 0.3) is 9.69 Å². The fourth-order valence-corrected chi connectivity index (χ4v) is 4.16. The zero-order valence-electron chi connectivity index (χ0n) is 22.7. The van der Waals surface area contributed by atoms with Crippen molar-refractivity contribution in [2.24, 2.45) is 0 Å². The molecule has 0 radical (unpaired) electrons. The highest BCUT2D eigenvalue weighted by Crippen LogP contribution is 2.33. The number of benzene rings is 3. The molecule has 6 heteroatoms. The number of nitrogens with one attached hydrogen (secondary N) is 1. The normalized spacial score (nSPS) is 13.9. The van der Waals surface area contributed by atoms with Crippen molar-refractivity contribution < 1.29 is 14.3 Å². The van der Waals surface area contributed by atoms with Gasteiger partial charge in [0.2, 0.25) is 0 Å². The summed E-state index contributed by atoms with van der Waals surface area (Å²) in [6.07, 6.45) is 5.36. The minimum absolute atomic E-state index is 0.270. The molecule has 1 N–H and O–H groups in total. The number of rotatable bonds is 8. The van der Waals surface area contributed by atoms with E-state index in [4.69, 9.17) is 22.6 Å². The summed E-state index contributed by atoms with van der Waals surface area (Å²) >= 11 is 0. The van der Waals surface area contributed by atoms with E-state index in [1.165, 1.54) is 11.1 Å². The van der Waals surface area contributed by atoms with Crippen molar-refractivity contribution in [1.29, 1.82) is 0 Å². The van der Waals surface area contributed by atoms with Gasteiger partial charge in [0.1, 0.15) is 12.4 Å². The molecule has 0 bridgehead atoms. The van der Waals surface area contributed by atoms with Gasteiger partial charge in [-0.05, 0) is 67.9 Å². The molecule has 1 aliphatic carbocycles. The van der Waals surface area contributed by atoms with Gasteiger partial charge in [-0.2, -0.15) is 0 Å². The summed E-state index contributed by atoms with van der Waals surface area (Å²) < 4.78 is 10.6. The Morgan fingerprint density at radius 3 is 2.23 bits per heavy atom. The molecule has 0 heterocycles. The van der Waals surface area contributed by atoms with E-state index in [0.717, 1.165) is 41.8 Å². The second kappa shape index (κ2) is 15.6. The lowest BCUT2D eigenvalue weighted by Crippen LogP contribution is -2.26. The number of carbonyl (C=O) groups is 1. The molecule has 0 fully saturated rings. The third-order valence-electron chi connectivity index (χ3n) is 6.43. The van der Waals surface area contributed by atoms with Crippen molar-refractivity contribution in [1.82, 2.24) is 5.32 Å². The lowest BCUT2D eigenvalue weighted by atomic mass is 9.87. The maximum Gasteiger partial charge on any atom is 0.407 e. The lowest BCUT2D eigenvalue weighted by molar-refractivity contribution is 0.140. The summed E-state index contributed by atoms with van der Waals surface area (Å²) in [7, 11) is 0. The number of carbonyl (C=O) groups excluding carboxylic acids is 1. The molecule has 6 nitrogen and oxygen atoms in total. The van der Waals surface area contributed by atoms with E-state index in [1.54, 1.807) is 12.1 Å². The van der Waals surface area contributed by atoms with E-state index in [0.29, 0.717) is 31.2 Å². The topological polar surface area (TPSA) is 56.3 Å². The molecule has 1 unspecified atom stereocenters. The number of nitrogens with zero attached hydrogens (tertiary/aromatic N) is 2. The number of ether oxygens (including phenoxy) is 2. The van der Waals surface area contributed by atoms with Crippen LogP contribution in [0.3, 0.4) is 0 Å². The molecule has 0 saturated heterocycles. The molecule has 0 aliphatic heterocycles. The van der Waals surface area contributed by atoms with Gasteiger partial charge >= 0.3 is 6.09 Å². The zero-order chi connectivity index (χ0) is 27.9. The van der Waals surface area contributed by atoms with Gasteiger partial charge in [-0.15, -0.1) is 0 Å². The first-order valence-corrected chi connectivity index (χ1v) is 13.2. The largest absolute Gasteiger partial charge is 0.494 e. The summed E-state index contributed by atoms with van der Waals surface area (Å²) in [5.41, 5.74) is 6.12. The van der Waals surface area contributed by atoms with Crippen molar-refractivity contribution in [3.8, 4) is 5.75 Å². The molecule has 0 saturated carbocycles. The molecule has 1 aliphatic rings. The van der Waals surface area contributed by atoms with Crippen molar-refractivity contribution in [2.45, 2.75) is 52.1 Å². The highest BCUT2D eigenvalue weighted by Gasteiger charge is 2.16. The molecule has 3 aromatic carbocycles. The second-order valence-electron chi connectivity index (χ2n) is 9.30. The first-order chi connectivity index (χ1) is 19.0. The van der Waals surface area contributed by atoms with E-state index in [9.17, 15) is 4.79 Å². The molecular weight excluding hydrogens is 486 g/mol. The number of hydrogen-bond donors (Lipinski definition) is 1. The molecule has 200 valence electrons. The molecule has 1 amide bonds. The van der Waals surface area contributed by atoms with E-state index >= 15 is 0 Å². The minimum Gasteiger partial charge on any atom is -0.494 e. The van der Waals surface area contributed by atoms with Crippen LogP contribution >= 0.6 is 0 Å². The lowest BCUT2D eigenvalue weighted by Gasteiger charge is -2.20. The highest BCUT2D eigenvalue weighted by molar-refractivity contribution is 5.67. The van der Waals surface area contributed by atoms with Crippen LogP contribution < -0.4 is 10.1 Å². The van der Waals surface area contributed by atoms with Crippen LogP contribution in [0.4, 0.5) is 10.5 Å². The maximum absolute atomic E-state index is 11.6. The van der Waals surface area contributed by atoms with Crippen LogP contribution in [0, 0.1) is 20.1 Å². The number of allylic oxidation sites excluding steroid dienone is 2. The SMILES string of the molecule is [C-]#[N+]C1=CCC(c2ccc(OCC)cc2)CC1.[C-]#[N+]c1ccc(CCNC(=O)OCc2ccc(C)cc2)cc1. The van der Waals surface area contributed by atoms with Gasteiger partial charge in [0.05, 0.1) is 19.8 Å². The first-order valence-electron chi connectivity index (χ1n) is 13.2. The molecule has 0 aromatic heterocycles. The smallest absolute Gasteiger partial charge is 0.407 e. The van der Waals surface area contributed by atoms with Gasteiger partial charge in [-0.1, -0.05) is 78.7 Å². The average molecular weight is 522 g/mol. The van der Waals surface area contributed by atoms with Gasteiger partial charge in [-0.3, -0.25) is 0 Å². The predicted octanol–water partition coefficient (Wildman–Crippen LogP) is 8.17. The summed E-state index contributed by atoms with van der Waals surface area (Å²) in [4.78, 5) is 18.4. The van der Waals surface area contributed by atoms with E-state index in [1.807, 2.05) is 62.4 Å². The van der Waals surface area contributed by atoms with E-state index in [2.05, 4.69) is 33.2 Å². The standard InChI is InChI=1S/C18H18N2O2.C15H17NO/c1-14-3-5-16(6-4-14)13-22-18(21)20-12-11-15-7-9-17(19-2)10-8-15;1-3-17-15-10-6-13(7-11-15)12-4-8-14(16-2)9-5-12/h3-10H,11-13H2,1H3,(H,20,21);6-8,10-12H,3-5,9H2,1H3. The fraction of sp³-hybridized carbons (Fsp3) is 0.303. The maximum atomic E-state index is 11.6. The van der Waals surface area contributed by atoms with Crippen molar-refractivity contribution >= 4 is 11.8 Å². The number of aryl methyl sites for hydroxylation is 1. The van der Waals surface area contributed by atoms with Crippen LogP contribution in [-0.2, 0) is 17.8 Å². The second-order valence-corrected chi connectivity index (χ2v) is 9.30. The predicted molar refractivity (Wildman–Crippen MR) is 155 cm³/mol. The van der Waals surface area contributed by atoms with Crippen molar-refractivity contribution in [3.63, 3.8) is 0 Å². The van der Waals surface area contributed by atoms with Gasteiger partial charge in [0.25, 0.3) is 0 Å². The number of alkyl carbamates (subject to hydrolysis) is 1. The Bertz CT molecular complexity index is 1300. The third-order valence-corrected chi connectivity index (χ3v) is 6.43. The Kier molecular flexibility index (Phi) is 11.6. The average Bonchev–Trinajstić information content (AvgIpc) is 2.98. The van der Waals surface area contributed by atoms with Crippen molar-refractivity contribution in [2.75, 3.05) is 13.2 Å². The van der Waals surface area contributed by atoms with Gasteiger partial charge in [0.15, 0.2) is 11.4 Å². The Morgan fingerprint density at radius 1 is 0.949 bits per heavy atom. The van der Waals surface area contributed by atoms with Crippen LogP contribution in [0.2, 0.25) is 0 Å². The van der Waals surface area contributed by atoms with Gasteiger partial charge in [-0.25, -0.2) is 14.5 Å². The Hall–Kier alpha value is -4.55. The van der Waals surface area contributed by atoms with E-state index in [-0.39, 0.29) is 6.61 Å². The fourth-order valence-electron chi connectivity index (χ4n) is 4.16. The molecule has 1 atom stereocenters. The van der Waals surface area contributed by atoms with Crippen LogP contribution in [0.1, 0.15) is 54.4 Å². The Morgan fingerprint density at radius 2 is 1.64 bits per heavy atom. The summed E-state index contributed by atoms with van der Waals surface area (Å²) in [5.74, 6) is 1.50. The molecule has 4 rings (SSSR count). The van der Waals surface area contributed by atoms with Gasteiger partial charge in [0, 0.05) is 6.54 Å². The molecular formula is C33H35N3O3. The quantitative estimate of drug-likeness (QED) is 0.304. The molecule has 39 heavy (non-hydrogen) atoms. The first kappa shape index (κ1) is 29.0. The Labute approximate surface area is 231 Å². The number of hydrogen-bond acceptors (Lipinski definition) is 3. The van der Waals surface area contributed by atoms with Crippen LogP contribution in [-0.4, -0.2) is 19.2 Å². The van der Waals surface area contributed by atoms with E-state index < -0.39 is 6.09 Å². The monoisotopic (exact) mass is 521 g/mol. The molecule has 0 spiro atoms. The Balaban J connectivity index is 0.000000223. The summed E-state index contributed by atoms with van der Waals surface area (Å²) in [6, 6.07) is 23.6. The van der Waals surface area contributed by atoms with Gasteiger partial charge < -0.3 is 14.8 Å². The van der Waals surface area contributed by atoms with Crippen LogP contribution in [0.15, 0.2) is 84.6 Å². The minimum atomic E-state index is -0.418. The summed E-state index contributed by atoms with van der Waals surface area (Å²) in [5, 5.41) is 2.72. The van der Waals surface area contributed by atoms with Crippen LogP contribution in [0.5, 0.6) is 5.75 Å². The highest BCUT2D eigenvalue weighted by atomic mass is 16.5. The summed E-state index contributed by atoms with van der Waals surface area (Å²) in [6.45, 7) is 19.4. The number of amides is 1. The van der Waals surface area contributed by atoms with Crippen molar-refractivity contribution in [3.05, 3.63) is 130 Å².